The van der Waals surface area contributed by atoms with E-state index in [1.807, 2.05) is 6.92 Å². The quantitative estimate of drug-likeness (QED) is 0.261. The molecule has 0 spiro atoms. The van der Waals surface area contributed by atoms with Crippen LogP contribution in [0.1, 0.15) is 109 Å². The molecule has 0 aromatic heterocycles. The average Bonchev–Trinajstić information content (AvgIpc) is 3.84. The van der Waals surface area contributed by atoms with Gasteiger partial charge >= 0.3 is 12.1 Å². The van der Waals surface area contributed by atoms with Gasteiger partial charge in [0.1, 0.15) is 0 Å². The Morgan fingerprint density at radius 2 is 1.38 bits per heavy atom. The first-order chi connectivity index (χ1) is 24.9. The van der Waals surface area contributed by atoms with Crippen LogP contribution in [0.3, 0.4) is 0 Å². The van der Waals surface area contributed by atoms with Gasteiger partial charge in [-0.3, -0.25) is 9.80 Å². The van der Waals surface area contributed by atoms with E-state index in [-0.39, 0.29) is 29.4 Å². The summed E-state index contributed by atoms with van der Waals surface area (Å²) < 4.78 is 56.5. The predicted octanol–water partition coefficient (Wildman–Crippen LogP) is 4.51. The zero-order valence-corrected chi connectivity index (χ0v) is 32.0. The molecule has 2 fully saturated rings. The molecule has 52 heavy (non-hydrogen) atoms. The molecule has 4 atom stereocenters. The summed E-state index contributed by atoms with van der Waals surface area (Å²) in [7, 11) is -7.65. The number of fused-ring (bicyclic) bond motifs is 4. The zero-order valence-electron chi connectivity index (χ0n) is 30.4. The molecule has 282 valence electrons. The molecular weight excluding hydrogens is 701 g/mol. The Hall–Kier alpha value is -3.20. The van der Waals surface area contributed by atoms with Gasteiger partial charge in [0.25, 0.3) is 0 Å². The van der Waals surface area contributed by atoms with E-state index in [0.29, 0.717) is 12.6 Å². The number of likely N-dealkylation sites (tertiary alicyclic amines) is 2. The van der Waals surface area contributed by atoms with Gasteiger partial charge in [0.2, 0.25) is 20.0 Å². The van der Waals surface area contributed by atoms with E-state index in [1.165, 1.54) is 22.3 Å². The van der Waals surface area contributed by atoms with Crippen molar-refractivity contribution in [2.45, 2.75) is 115 Å². The van der Waals surface area contributed by atoms with Gasteiger partial charge in [0.15, 0.2) is 0 Å². The number of urea groups is 2. The number of carbonyl (C=O) groups excluding carboxylic acids is 2. The maximum absolute atomic E-state index is 13.4. The molecule has 0 saturated carbocycles. The van der Waals surface area contributed by atoms with E-state index >= 15 is 0 Å². The van der Waals surface area contributed by atoms with E-state index in [1.54, 1.807) is 0 Å². The number of benzene rings is 2. The first kappa shape index (κ1) is 35.8. The first-order valence-corrected chi connectivity index (χ1v) is 22.6. The fourth-order valence-corrected chi connectivity index (χ4v) is 12.1. The van der Waals surface area contributed by atoms with Gasteiger partial charge in [0, 0.05) is 30.0 Å². The lowest BCUT2D eigenvalue weighted by molar-refractivity contribution is 0.114. The van der Waals surface area contributed by atoms with Crippen molar-refractivity contribution in [3.8, 4) is 0 Å². The van der Waals surface area contributed by atoms with Gasteiger partial charge in [-0.25, -0.2) is 35.9 Å². The molecule has 8 rings (SSSR count). The van der Waals surface area contributed by atoms with Crippen molar-refractivity contribution in [2.75, 3.05) is 48.3 Å². The minimum Gasteiger partial charge on any atom is -0.307 e. The van der Waals surface area contributed by atoms with Crippen LogP contribution in [0.25, 0.3) is 0 Å². The summed E-state index contributed by atoms with van der Waals surface area (Å²) in [4.78, 5) is 31.0. The topological polar surface area (TPSA) is 157 Å². The van der Waals surface area contributed by atoms with Gasteiger partial charge < -0.3 is 10.6 Å². The van der Waals surface area contributed by atoms with Gasteiger partial charge in [-0.05, 0) is 167 Å². The number of nitrogens with zero attached hydrogens (tertiary/aromatic N) is 2. The molecule has 6 aliphatic rings. The van der Waals surface area contributed by atoms with Crippen molar-refractivity contribution in [3.63, 3.8) is 0 Å². The van der Waals surface area contributed by atoms with E-state index in [0.717, 1.165) is 130 Å². The molecule has 14 heteroatoms. The molecule has 2 aromatic carbocycles. The highest BCUT2D eigenvalue weighted by molar-refractivity contribution is 7.90. The normalized spacial score (nSPS) is 24.2. The van der Waals surface area contributed by atoms with Crippen LogP contribution in [0.4, 0.5) is 21.0 Å². The first-order valence-electron chi connectivity index (χ1n) is 19.3. The van der Waals surface area contributed by atoms with Gasteiger partial charge in [0.05, 0.1) is 11.5 Å². The van der Waals surface area contributed by atoms with Crippen LogP contribution in [0.5, 0.6) is 0 Å². The molecule has 12 nitrogen and oxygen atoms in total. The van der Waals surface area contributed by atoms with Crippen LogP contribution in [0.15, 0.2) is 12.1 Å². The van der Waals surface area contributed by atoms with E-state index in [9.17, 15) is 26.4 Å². The highest BCUT2D eigenvalue weighted by Crippen LogP contribution is 2.55. The summed E-state index contributed by atoms with van der Waals surface area (Å²) in [6.07, 6.45) is 11.0. The Morgan fingerprint density at radius 3 is 2.04 bits per heavy atom. The second-order valence-corrected chi connectivity index (χ2v) is 19.7. The Kier molecular flexibility index (Phi) is 9.57. The Bertz CT molecular complexity index is 2010. The van der Waals surface area contributed by atoms with Crippen LogP contribution < -0.4 is 20.1 Å². The van der Waals surface area contributed by atoms with Crippen molar-refractivity contribution in [1.82, 2.24) is 19.2 Å². The molecule has 4 amide bonds. The Morgan fingerprint density at radius 1 is 0.731 bits per heavy atom. The van der Waals surface area contributed by atoms with Crippen molar-refractivity contribution in [3.05, 3.63) is 56.6 Å². The average molecular weight is 753 g/mol. The second-order valence-electron chi connectivity index (χ2n) is 16.0. The molecule has 0 bridgehead atoms. The fraction of sp³-hybridized carbons (Fsp3) is 0.632. The van der Waals surface area contributed by atoms with Gasteiger partial charge in [-0.2, -0.15) is 0 Å². The Labute approximate surface area is 308 Å². The molecule has 4 N–H and O–H groups in total. The summed E-state index contributed by atoms with van der Waals surface area (Å²) in [6.45, 7) is 7.01. The van der Waals surface area contributed by atoms with Gasteiger partial charge in [-0.15, -0.1) is 0 Å². The number of carbonyl (C=O) groups is 2. The third kappa shape index (κ3) is 6.96. The molecule has 2 aliphatic heterocycles. The summed E-state index contributed by atoms with van der Waals surface area (Å²) >= 11 is 0. The maximum Gasteiger partial charge on any atom is 0.332 e. The molecule has 4 aliphatic carbocycles. The zero-order chi connectivity index (χ0) is 36.4. The maximum atomic E-state index is 13.4. The second kappa shape index (κ2) is 13.9. The van der Waals surface area contributed by atoms with Crippen molar-refractivity contribution < 1.29 is 26.4 Å². The predicted molar refractivity (Wildman–Crippen MR) is 202 cm³/mol. The van der Waals surface area contributed by atoms with E-state index < -0.39 is 32.1 Å². The lowest BCUT2D eigenvalue weighted by Gasteiger charge is -2.38. The summed E-state index contributed by atoms with van der Waals surface area (Å²) in [6, 6.07) is 3.42. The highest BCUT2D eigenvalue weighted by Gasteiger charge is 2.41. The minimum absolute atomic E-state index is 0.117. The third-order valence-electron chi connectivity index (χ3n) is 12.8. The number of rotatable bonds is 11. The SMILES string of the molecule is CC1CCN1CCS(=O)(=O)NC(=O)Nc1c2c(cc3c1C(C1CCc4c1cc1c(c4NC(=O)NS(=O)(=O)CC(C)N4CCC4)CCC1)CC3)CCC2. The summed E-state index contributed by atoms with van der Waals surface area (Å²) in [5, 5.41) is 6.07. The highest BCUT2D eigenvalue weighted by atomic mass is 32.2. The Balaban J connectivity index is 1.04. The van der Waals surface area contributed by atoms with E-state index in [4.69, 9.17) is 0 Å². The standard InChI is InChI=1S/C38H52N6O6S2/c1-23-14-17-44(23)18-19-51(47,48)41-38(46)40-36-29-9-3-6-25(29)20-27-10-11-31(34(27)36)30-12-13-32-33(30)21-26-7-4-8-28(26)35(32)39-37(45)42-52(49,50)22-24(2)43-15-5-16-43/h20-21,23-24,30-31H,3-19,22H2,1-2H3,(H2,39,42,45)(H2,40,41,46). The van der Waals surface area contributed by atoms with Crippen molar-refractivity contribution in [2.24, 2.45) is 0 Å². The third-order valence-corrected chi connectivity index (χ3v) is 15.4. The van der Waals surface area contributed by atoms with Crippen LogP contribution in [-0.2, 0) is 58.6 Å². The number of amides is 4. The minimum atomic E-state index is -3.83. The summed E-state index contributed by atoms with van der Waals surface area (Å²) in [5.41, 5.74) is 10.8. The number of aryl methyl sites for hydroxylation is 3. The molecule has 0 radical (unpaired) electrons. The van der Waals surface area contributed by atoms with E-state index in [2.05, 4.69) is 48.9 Å². The molecule has 4 unspecified atom stereocenters. The van der Waals surface area contributed by atoms with Crippen molar-refractivity contribution >= 4 is 43.5 Å². The largest absolute Gasteiger partial charge is 0.332 e. The molecular formula is C38H52N6O6S2. The van der Waals surface area contributed by atoms with Gasteiger partial charge in [-0.1, -0.05) is 12.1 Å². The molecule has 2 aromatic rings. The summed E-state index contributed by atoms with van der Waals surface area (Å²) in [5.74, 6) is 0.0134. The monoisotopic (exact) mass is 752 g/mol. The van der Waals surface area contributed by atoms with Crippen LogP contribution in [0.2, 0.25) is 0 Å². The van der Waals surface area contributed by atoms with Crippen LogP contribution >= 0.6 is 0 Å². The van der Waals surface area contributed by atoms with Crippen LogP contribution in [-0.4, -0.2) is 88.5 Å². The number of hydrogen-bond donors (Lipinski definition) is 4. The smallest absolute Gasteiger partial charge is 0.307 e. The molecule has 2 saturated heterocycles. The number of sulfonamides is 2. The van der Waals surface area contributed by atoms with Crippen molar-refractivity contribution in [1.29, 1.82) is 0 Å². The van der Waals surface area contributed by atoms with Crippen LogP contribution in [0, 0.1) is 0 Å². The number of anilines is 2. The number of nitrogens with one attached hydrogen (secondary N) is 4. The lowest BCUT2D eigenvalue weighted by Crippen LogP contribution is -2.49. The lowest BCUT2D eigenvalue weighted by atomic mass is 9.81. The molecule has 2 heterocycles. The fourth-order valence-electron chi connectivity index (χ4n) is 9.89. The number of hydrogen-bond acceptors (Lipinski definition) is 8.